The lowest BCUT2D eigenvalue weighted by Gasteiger charge is -2.26. The van der Waals surface area contributed by atoms with Crippen LogP contribution < -0.4 is 21.3 Å². The Labute approximate surface area is 322 Å². The third kappa shape index (κ3) is 11.1. The predicted octanol–water partition coefficient (Wildman–Crippen LogP) is 2.88. The molecule has 23 heteroatoms. The van der Waals surface area contributed by atoms with Crippen LogP contribution in [-0.4, -0.2) is 90.2 Å². The second-order valence-corrected chi connectivity index (χ2v) is 14.6. The molecule has 0 saturated carbocycles. The molecule has 1 heterocycles. The molecule has 2 amide bonds. The minimum atomic E-state index is -2.13. The number of hydrogen-bond donors (Lipinski definition) is 6. The zero-order valence-electron chi connectivity index (χ0n) is 30.6. The van der Waals surface area contributed by atoms with Crippen LogP contribution in [0.25, 0.3) is 5.70 Å². The van der Waals surface area contributed by atoms with Crippen LogP contribution in [0, 0.1) is 54.1 Å². The molecule has 22 nitrogen and oxygen atoms in total. The molecule has 298 valence electrons. The summed E-state index contributed by atoms with van der Waals surface area (Å²) in [7, 11) is 0.882. The molecule has 0 aliphatic carbocycles. The average Bonchev–Trinajstić information content (AvgIpc) is 3.07. The number of anilines is 1. The fourth-order valence-electron chi connectivity index (χ4n) is 5.47. The van der Waals surface area contributed by atoms with Crippen molar-refractivity contribution in [3.8, 4) is 6.19 Å². The van der Waals surface area contributed by atoms with Gasteiger partial charge in [-0.15, -0.1) is 0 Å². The standard InChI is InChI=1S/C33H38N10O12S/c1-17-6-8-18(9-7-17)36-32(35-16-34)39-20-11-10-19-24(26(41(50)51)29(43(54)55)40(5)28(19)42(52)53)25(20)27(45)38-21(30(46)47)12-13-56-15-22(31(48)49)37-23(44)14-33(2,3)4/h6-11,21-22,28H,12-15H2,1-5H3,(H,37,44)(H,38,45)(H,46,47)(H,48,49)(H2,35,36,39). The van der Waals surface area contributed by atoms with Crippen molar-refractivity contribution >= 4 is 58.5 Å². The van der Waals surface area contributed by atoms with Crippen LogP contribution in [0.15, 0.2) is 47.2 Å². The molecule has 3 unspecified atom stereocenters. The second-order valence-electron chi connectivity index (χ2n) is 13.5. The van der Waals surface area contributed by atoms with Crippen molar-refractivity contribution in [1.29, 1.82) is 5.26 Å². The SMILES string of the molecule is Cc1ccc(NC(=Nc2ccc3c(c2C(=O)NC(CCSCC(NC(=O)CC(C)(C)C)C(=O)O)C(=O)O)C([N+](=O)[O-])=C([N+](=O)[O-])N(C)C3[N+](=O)[O-])NC#N)cc1. The number of aliphatic imine (C=N–C) groups is 1. The Morgan fingerprint density at radius 1 is 0.982 bits per heavy atom. The molecule has 0 bridgehead atoms. The minimum Gasteiger partial charge on any atom is -0.480 e. The van der Waals surface area contributed by atoms with E-state index in [1.165, 1.54) is 0 Å². The summed E-state index contributed by atoms with van der Waals surface area (Å²) >= 11 is 0.940. The number of guanidine groups is 1. The number of nitriles is 1. The number of benzene rings is 2. The highest BCUT2D eigenvalue weighted by molar-refractivity contribution is 7.99. The van der Waals surface area contributed by atoms with Crippen molar-refractivity contribution in [3.05, 3.63) is 94.8 Å². The lowest BCUT2D eigenvalue weighted by atomic mass is 9.91. The van der Waals surface area contributed by atoms with Crippen LogP contribution in [0.4, 0.5) is 11.4 Å². The Morgan fingerprint density at radius 3 is 2.12 bits per heavy atom. The van der Waals surface area contributed by atoms with Gasteiger partial charge in [0.05, 0.1) is 39.3 Å². The van der Waals surface area contributed by atoms with E-state index in [0.29, 0.717) is 10.6 Å². The number of nitrogens with one attached hydrogen (secondary N) is 4. The van der Waals surface area contributed by atoms with Crippen LogP contribution >= 0.6 is 11.8 Å². The highest BCUT2D eigenvalue weighted by atomic mass is 32.2. The van der Waals surface area contributed by atoms with E-state index in [1.54, 1.807) is 51.2 Å². The van der Waals surface area contributed by atoms with Crippen LogP contribution in [0.3, 0.4) is 0 Å². The summed E-state index contributed by atoms with van der Waals surface area (Å²) in [6.07, 6.45) is -0.823. The van der Waals surface area contributed by atoms with Crippen molar-refractivity contribution in [2.24, 2.45) is 10.4 Å². The third-order valence-electron chi connectivity index (χ3n) is 7.91. The largest absolute Gasteiger partial charge is 0.480 e. The van der Waals surface area contributed by atoms with E-state index < -0.39 is 96.1 Å². The number of aryl methyl sites for hydroxylation is 1. The Bertz CT molecular complexity index is 2020. The Balaban J connectivity index is 2.13. The maximum absolute atomic E-state index is 14.2. The quantitative estimate of drug-likeness (QED) is 0.0270. The van der Waals surface area contributed by atoms with Crippen LogP contribution in [-0.2, 0) is 14.4 Å². The van der Waals surface area contributed by atoms with Gasteiger partial charge in [-0.3, -0.25) is 35.1 Å². The molecule has 1 aliphatic heterocycles. The van der Waals surface area contributed by atoms with E-state index in [2.05, 4.69) is 26.3 Å². The van der Waals surface area contributed by atoms with Gasteiger partial charge in [-0.25, -0.2) is 14.6 Å². The smallest absolute Gasteiger partial charge is 0.403 e. The molecule has 3 rings (SSSR count). The second kappa shape index (κ2) is 18.5. The molecule has 1 aliphatic rings. The number of carbonyl (C=O) groups excluding carboxylic acids is 2. The van der Waals surface area contributed by atoms with Gasteiger partial charge in [-0.1, -0.05) is 38.5 Å². The fourth-order valence-corrected chi connectivity index (χ4v) is 6.50. The summed E-state index contributed by atoms with van der Waals surface area (Å²) < 4.78 is 0. The Kier molecular flexibility index (Phi) is 14.4. The van der Waals surface area contributed by atoms with E-state index >= 15 is 0 Å². The molecule has 0 aromatic heterocycles. The first-order valence-electron chi connectivity index (χ1n) is 16.4. The highest BCUT2D eigenvalue weighted by Gasteiger charge is 2.53. The van der Waals surface area contributed by atoms with Crippen molar-refractivity contribution in [1.82, 2.24) is 20.9 Å². The number of hydrogen-bond acceptors (Lipinski definition) is 14. The number of thioether (sulfide) groups is 1. The first kappa shape index (κ1) is 43.6. The Morgan fingerprint density at radius 2 is 1.61 bits per heavy atom. The zero-order chi connectivity index (χ0) is 42.1. The number of carboxylic acids is 2. The van der Waals surface area contributed by atoms with Gasteiger partial charge in [0.15, 0.2) is 6.19 Å². The number of nitrogens with zero attached hydrogens (tertiary/aromatic N) is 6. The molecule has 0 radical (unpaired) electrons. The van der Waals surface area contributed by atoms with Gasteiger partial charge in [0, 0.05) is 17.9 Å². The summed E-state index contributed by atoms with van der Waals surface area (Å²) in [6, 6.07) is 5.56. The van der Waals surface area contributed by atoms with Crippen molar-refractivity contribution in [2.45, 2.75) is 58.8 Å². The van der Waals surface area contributed by atoms with Gasteiger partial charge < -0.3 is 36.3 Å². The third-order valence-corrected chi connectivity index (χ3v) is 9.00. The summed E-state index contributed by atoms with van der Waals surface area (Å²) in [6.45, 7) is 7.18. The van der Waals surface area contributed by atoms with Crippen molar-refractivity contribution < 1.29 is 44.2 Å². The molecular weight excluding hydrogens is 760 g/mol. The first-order valence-corrected chi connectivity index (χ1v) is 17.6. The normalized spacial score (nSPS) is 15.0. The molecule has 0 fully saturated rings. The van der Waals surface area contributed by atoms with Gasteiger partial charge in [0.2, 0.25) is 11.9 Å². The van der Waals surface area contributed by atoms with Crippen LogP contribution in [0.5, 0.6) is 0 Å². The number of carboxylic acid groups (broad SMARTS) is 2. The number of carbonyl (C=O) groups is 4. The fraction of sp³-hybridized carbons (Fsp3) is 0.394. The number of aliphatic carboxylic acids is 2. The Hall–Kier alpha value is -6.83. The molecule has 3 atom stereocenters. The van der Waals surface area contributed by atoms with Crippen molar-refractivity contribution in [2.75, 3.05) is 23.9 Å². The van der Waals surface area contributed by atoms with E-state index in [9.17, 15) is 65.0 Å². The first-order chi connectivity index (χ1) is 26.2. The summed E-state index contributed by atoms with van der Waals surface area (Å²) in [5, 5.41) is 75.7. The molecule has 0 spiro atoms. The van der Waals surface area contributed by atoms with Gasteiger partial charge in [0.1, 0.15) is 12.1 Å². The number of rotatable bonds is 16. The molecule has 2 aromatic carbocycles. The van der Waals surface area contributed by atoms with E-state index in [-0.39, 0.29) is 30.3 Å². The summed E-state index contributed by atoms with van der Waals surface area (Å²) in [5.41, 5.74) is -3.30. The number of nitro groups is 3. The molecule has 0 saturated heterocycles. The van der Waals surface area contributed by atoms with Crippen LogP contribution in [0.1, 0.15) is 66.8 Å². The van der Waals surface area contributed by atoms with E-state index in [1.807, 2.05) is 6.92 Å². The molecule has 6 N–H and O–H groups in total. The molecular formula is C33H38N10O12S. The van der Waals surface area contributed by atoms with Gasteiger partial charge in [-0.05, 0) is 53.7 Å². The lowest BCUT2D eigenvalue weighted by molar-refractivity contribution is -0.572. The average molecular weight is 799 g/mol. The zero-order valence-corrected chi connectivity index (χ0v) is 31.4. The monoisotopic (exact) mass is 798 g/mol. The maximum atomic E-state index is 14.2. The van der Waals surface area contributed by atoms with Crippen molar-refractivity contribution in [3.63, 3.8) is 0 Å². The minimum absolute atomic E-state index is 0.0368. The number of amides is 2. The molecule has 56 heavy (non-hydrogen) atoms. The highest BCUT2D eigenvalue weighted by Crippen LogP contribution is 2.43. The van der Waals surface area contributed by atoms with Gasteiger partial charge >= 0.3 is 29.6 Å². The maximum Gasteiger partial charge on any atom is 0.403 e. The van der Waals surface area contributed by atoms with E-state index in [0.717, 1.165) is 36.5 Å². The van der Waals surface area contributed by atoms with Gasteiger partial charge in [-0.2, -0.15) is 21.9 Å². The predicted molar refractivity (Wildman–Crippen MR) is 200 cm³/mol. The summed E-state index contributed by atoms with van der Waals surface area (Å²) in [4.78, 5) is 88.9. The topological polar surface area (TPSA) is 326 Å². The lowest BCUT2D eigenvalue weighted by Crippen LogP contribution is -2.44. The van der Waals surface area contributed by atoms with E-state index in [4.69, 9.17) is 0 Å². The van der Waals surface area contributed by atoms with Gasteiger partial charge in [0.25, 0.3) is 5.91 Å². The molecule has 2 aromatic rings. The number of fused-ring (bicyclic) bond motifs is 1. The summed E-state index contributed by atoms with van der Waals surface area (Å²) in [5.74, 6) is -6.83. The van der Waals surface area contributed by atoms with Crippen LogP contribution in [0.2, 0.25) is 0 Å².